The van der Waals surface area contributed by atoms with E-state index in [2.05, 4.69) is 19.9 Å². The number of nitrogens with zero attached hydrogens (tertiary/aromatic N) is 3. The van der Waals surface area contributed by atoms with E-state index >= 15 is 0 Å². The zero-order chi connectivity index (χ0) is 9.26. The normalized spacial score (nSPS) is 13.3. The van der Waals surface area contributed by atoms with Crippen LogP contribution in [-0.2, 0) is 16.8 Å². The van der Waals surface area contributed by atoms with Crippen molar-refractivity contribution in [3.05, 3.63) is 18.3 Å². The maximum atomic E-state index is 10.4. The van der Waals surface area contributed by atoms with Gasteiger partial charge in [0.1, 0.15) is 11.8 Å². The van der Waals surface area contributed by atoms with Gasteiger partial charge in [-0.2, -0.15) is 0 Å². The summed E-state index contributed by atoms with van der Waals surface area (Å²) in [5, 5.41) is 0. The van der Waals surface area contributed by atoms with Crippen molar-refractivity contribution >= 4 is 22.2 Å². The van der Waals surface area contributed by atoms with Crippen LogP contribution in [0.5, 0.6) is 0 Å². The fraction of sp³-hybridized carbons (Fsp3) is 0.167. The molecule has 13 heavy (non-hydrogen) atoms. The second-order valence-electron chi connectivity index (χ2n) is 2.37. The molecule has 1 unspecified atom stereocenters. The van der Waals surface area contributed by atoms with Crippen molar-refractivity contribution in [2.45, 2.75) is 5.75 Å². The Labute approximate surface area is 75.7 Å². The molecule has 0 saturated heterocycles. The molecule has 2 heterocycles. The molecule has 0 aromatic carbocycles. The highest BCUT2D eigenvalue weighted by Gasteiger charge is 2.04. The van der Waals surface area contributed by atoms with Gasteiger partial charge in [-0.15, -0.1) is 0 Å². The Morgan fingerprint density at radius 2 is 2.31 bits per heavy atom. The van der Waals surface area contributed by atoms with Crippen LogP contribution in [0.2, 0.25) is 0 Å². The Hall–Kier alpha value is -1.34. The lowest BCUT2D eigenvalue weighted by Crippen LogP contribution is -1.98. The first kappa shape index (κ1) is 8.27. The van der Waals surface area contributed by atoms with E-state index in [4.69, 9.17) is 0 Å². The van der Waals surface area contributed by atoms with Crippen molar-refractivity contribution < 1.29 is 8.76 Å². The van der Waals surface area contributed by atoms with Crippen LogP contribution in [0.15, 0.2) is 12.7 Å². The molecule has 1 atom stereocenters. The van der Waals surface area contributed by atoms with Crippen LogP contribution in [0.3, 0.4) is 0 Å². The molecule has 0 radical (unpaired) electrons. The summed E-state index contributed by atoms with van der Waals surface area (Å²) in [6, 6.07) is 0. The number of hydrogen-bond donors (Lipinski definition) is 1. The number of H-pyrrole nitrogens is 1. The summed E-state index contributed by atoms with van der Waals surface area (Å²) in [6.07, 6.45) is 2.75. The summed E-state index contributed by atoms with van der Waals surface area (Å²) in [6.45, 7) is 0. The van der Waals surface area contributed by atoms with E-state index in [0.717, 1.165) is 0 Å². The minimum Gasteiger partial charge on any atom is -0.772 e. The van der Waals surface area contributed by atoms with Crippen LogP contribution >= 0.6 is 0 Å². The minimum absolute atomic E-state index is 0.124. The first-order valence-electron chi connectivity index (χ1n) is 3.46. The van der Waals surface area contributed by atoms with Crippen LogP contribution < -0.4 is 0 Å². The lowest BCUT2D eigenvalue weighted by Gasteiger charge is -2.03. The number of aromatic nitrogens is 4. The van der Waals surface area contributed by atoms with Gasteiger partial charge in [0.15, 0.2) is 5.65 Å². The third-order valence-corrected chi connectivity index (χ3v) is 2.07. The smallest absolute Gasteiger partial charge is 0.180 e. The van der Waals surface area contributed by atoms with Crippen molar-refractivity contribution in [2.24, 2.45) is 0 Å². The molecule has 68 valence electrons. The predicted octanol–water partition coefficient (Wildman–Crippen LogP) is -0.268. The Morgan fingerprint density at radius 1 is 1.46 bits per heavy atom. The number of fused-ring (bicyclic) bond motifs is 1. The Morgan fingerprint density at radius 3 is 3.08 bits per heavy atom. The molecule has 2 aromatic heterocycles. The van der Waals surface area contributed by atoms with Crippen LogP contribution in [0.25, 0.3) is 11.2 Å². The molecule has 0 aliphatic carbocycles. The first-order chi connectivity index (χ1) is 6.27. The van der Waals surface area contributed by atoms with E-state index in [1.807, 2.05) is 0 Å². The molecular formula is C6H5N4O2S-. The van der Waals surface area contributed by atoms with Crippen LogP contribution in [0.4, 0.5) is 0 Å². The number of aromatic amines is 1. The molecule has 1 N–H and O–H groups in total. The maximum absolute atomic E-state index is 10.4. The molecule has 0 aliphatic rings. The molecule has 0 aliphatic heterocycles. The van der Waals surface area contributed by atoms with Gasteiger partial charge in [0.05, 0.1) is 17.8 Å². The average Bonchev–Trinajstić information content (AvgIpc) is 2.51. The van der Waals surface area contributed by atoms with E-state index in [-0.39, 0.29) is 5.75 Å². The highest BCUT2D eigenvalue weighted by molar-refractivity contribution is 7.78. The third kappa shape index (κ3) is 1.56. The Balaban J connectivity index is 2.54. The van der Waals surface area contributed by atoms with Gasteiger partial charge in [0, 0.05) is 0 Å². The quantitative estimate of drug-likeness (QED) is 0.669. The summed E-state index contributed by atoms with van der Waals surface area (Å²) >= 11 is -2.14. The van der Waals surface area contributed by atoms with Gasteiger partial charge >= 0.3 is 0 Å². The summed E-state index contributed by atoms with van der Waals surface area (Å²) in [5.41, 5.74) is 1.50. The summed E-state index contributed by atoms with van der Waals surface area (Å²) in [7, 11) is 0. The van der Waals surface area contributed by atoms with Crippen molar-refractivity contribution in [2.75, 3.05) is 0 Å². The molecule has 0 spiro atoms. The Kier molecular flexibility index (Phi) is 2.03. The molecule has 2 aromatic rings. The van der Waals surface area contributed by atoms with E-state index in [9.17, 15) is 8.76 Å². The van der Waals surface area contributed by atoms with Gasteiger partial charge in [-0.3, -0.25) is 4.21 Å². The lowest BCUT2D eigenvalue weighted by atomic mass is 10.4. The third-order valence-electron chi connectivity index (χ3n) is 1.56. The van der Waals surface area contributed by atoms with Gasteiger partial charge in [-0.1, -0.05) is 0 Å². The van der Waals surface area contributed by atoms with E-state index < -0.39 is 11.1 Å². The highest BCUT2D eigenvalue weighted by Crippen LogP contribution is 2.10. The van der Waals surface area contributed by atoms with Gasteiger partial charge in [-0.25, -0.2) is 15.0 Å². The second kappa shape index (κ2) is 3.19. The molecule has 0 saturated carbocycles. The zero-order valence-corrected chi connectivity index (χ0v) is 7.24. The molecule has 0 bridgehead atoms. The molecular weight excluding hydrogens is 192 g/mol. The van der Waals surface area contributed by atoms with E-state index in [1.165, 1.54) is 12.7 Å². The van der Waals surface area contributed by atoms with Gasteiger partial charge in [-0.05, 0) is 11.1 Å². The highest BCUT2D eigenvalue weighted by atomic mass is 32.2. The topological polar surface area (TPSA) is 94.6 Å². The monoisotopic (exact) mass is 197 g/mol. The fourth-order valence-electron chi connectivity index (χ4n) is 1.04. The Bertz CT molecular complexity index is 455. The van der Waals surface area contributed by atoms with Crippen molar-refractivity contribution in [3.8, 4) is 0 Å². The molecule has 2 rings (SSSR count). The SMILES string of the molecule is O=S([O-])Cc1ncnc2nc[nH]c12. The number of imidazole rings is 1. The van der Waals surface area contributed by atoms with Crippen LogP contribution in [0, 0.1) is 0 Å². The number of nitrogens with one attached hydrogen (secondary N) is 1. The minimum atomic E-state index is -2.14. The average molecular weight is 197 g/mol. The number of rotatable bonds is 2. The molecule has 0 fully saturated rings. The summed E-state index contributed by atoms with van der Waals surface area (Å²) in [4.78, 5) is 14.4. The largest absolute Gasteiger partial charge is 0.772 e. The molecule has 0 amide bonds. The van der Waals surface area contributed by atoms with Crippen molar-refractivity contribution in [3.63, 3.8) is 0 Å². The molecule has 6 nitrogen and oxygen atoms in total. The molecule has 7 heteroatoms. The van der Waals surface area contributed by atoms with Crippen LogP contribution in [-0.4, -0.2) is 28.7 Å². The predicted molar refractivity (Wildman–Crippen MR) is 44.3 cm³/mol. The lowest BCUT2D eigenvalue weighted by molar-refractivity contribution is 0.535. The van der Waals surface area contributed by atoms with Crippen molar-refractivity contribution in [1.82, 2.24) is 19.9 Å². The van der Waals surface area contributed by atoms with Gasteiger partial charge < -0.3 is 9.54 Å². The summed E-state index contributed by atoms with van der Waals surface area (Å²) < 4.78 is 20.9. The van der Waals surface area contributed by atoms with Crippen LogP contribution in [0.1, 0.15) is 5.69 Å². The van der Waals surface area contributed by atoms with E-state index in [1.54, 1.807) is 0 Å². The van der Waals surface area contributed by atoms with E-state index in [0.29, 0.717) is 16.9 Å². The second-order valence-corrected chi connectivity index (χ2v) is 3.27. The van der Waals surface area contributed by atoms with Crippen molar-refractivity contribution in [1.29, 1.82) is 0 Å². The number of hydrogen-bond acceptors (Lipinski definition) is 5. The zero-order valence-electron chi connectivity index (χ0n) is 6.43. The summed E-state index contributed by atoms with van der Waals surface area (Å²) in [5.74, 6) is -0.124. The first-order valence-corrected chi connectivity index (χ1v) is 4.70. The maximum Gasteiger partial charge on any atom is 0.180 e. The standard InChI is InChI=1S/C6H6N4O2S/c11-13(12)1-4-5-6(9-2-7-4)10-3-8-5/h2-3H,1H2,(H,11,12)(H,7,8,9,10)/p-1. The van der Waals surface area contributed by atoms with Gasteiger partial charge in [0.2, 0.25) is 0 Å². The fourth-order valence-corrected chi connectivity index (χ4v) is 1.48. The van der Waals surface area contributed by atoms with Gasteiger partial charge in [0.25, 0.3) is 0 Å².